The maximum absolute atomic E-state index is 11.7. The number of halogens is 1. The lowest BCUT2D eigenvalue weighted by Gasteiger charge is -2.05. The molecule has 0 heterocycles. The van der Waals surface area contributed by atoms with E-state index in [1.165, 1.54) is 19.2 Å². The van der Waals surface area contributed by atoms with E-state index in [1.807, 2.05) is 0 Å². The number of methoxy groups -OCH3 is 1. The van der Waals surface area contributed by atoms with Crippen molar-refractivity contribution in [2.24, 2.45) is 0 Å². The number of sulfone groups is 1. The Hall–Kier alpha value is -1.34. The van der Waals surface area contributed by atoms with Crippen LogP contribution >= 0.6 is 11.6 Å². The highest BCUT2D eigenvalue weighted by Gasteiger charge is 2.21. The van der Waals surface area contributed by atoms with E-state index in [2.05, 4.69) is 0 Å². The Morgan fingerprint density at radius 2 is 2.12 bits per heavy atom. The lowest BCUT2D eigenvalue weighted by molar-refractivity contribution is -0.386. The van der Waals surface area contributed by atoms with Crippen LogP contribution < -0.4 is 4.74 Å². The van der Waals surface area contributed by atoms with E-state index >= 15 is 0 Å². The summed E-state index contributed by atoms with van der Waals surface area (Å²) in [7, 11) is -2.31. The van der Waals surface area contributed by atoms with Gasteiger partial charge in [-0.2, -0.15) is 0 Å². The Morgan fingerprint density at radius 3 is 2.59 bits per heavy atom. The molecular weight excluding hydrogens is 270 g/mol. The lowest BCUT2D eigenvalue weighted by atomic mass is 10.3. The molecule has 8 heteroatoms. The summed E-state index contributed by atoms with van der Waals surface area (Å²) in [4.78, 5) is 9.89. The topological polar surface area (TPSA) is 86.5 Å². The first kappa shape index (κ1) is 13.7. The fourth-order valence-electron chi connectivity index (χ4n) is 1.23. The van der Waals surface area contributed by atoms with Crippen LogP contribution in [0, 0.1) is 10.1 Å². The van der Waals surface area contributed by atoms with Gasteiger partial charge in [0.25, 0.3) is 0 Å². The molecule has 0 saturated heterocycles. The Morgan fingerprint density at radius 1 is 1.47 bits per heavy atom. The van der Waals surface area contributed by atoms with Crippen LogP contribution in [0.2, 0.25) is 0 Å². The Bertz CT molecular complexity index is 528. The van der Waals surface area contributed by atoms with Crippen molar-refractivity contribution in [2.45, 2.75) is 4.90 Å². The van der Waals surface area contributed by atoms with Gasteiger partial charge in [0.1, 0.15) is 0 Å². The van der Waals surface area contributed by atoms with Crippen LogP contribution in [0.5, 0.6) is 5.75 Å². The zero-order valence-electron chi connectivity index (χ0n) is 8.92. The molecule has 0 saturated carbocycles. The summed E-state index contributed by atoms with van der Waals surface area (Å²) >= 11 is 5.36. The maximum Gasteiger partial charge on any atom is 0.312 e. The van der Waals surface area contributed by atoms with E-state index in [9.17, 15) is 18.5 Å². The second-order valence-corrected chi connectivity index (χ2v) is 5.59. The zero-order chi connectivity index (χ0) is 13.1. The molecule has 94 valence electrons. The molecule has 0 radical (unpaired) electrons. The van der Waals surface area contributed by atoms with Gasteiger partial charge in [0.2, 0.25) is 0 Å². The van der Waals surface area contributed by atoms with Gasteiger partial charge in [0.05, 0.1) is 22.7 Å². The molecule has 0 bridgehead atoms. The minimum absolute atomic E-state index is 0.0137. The van der Waals surface area contributed by atoms with Crippen LogP contribution in [-0.2, 0) is 9.84 Å². The van der Waals surface area contributed by atoms with Crippen molar-refractivity contribution in [3.63, 3.8) is 0 Å². The first-order valence-corrected chi connectivity index (χ1v) is 6.72. The molecule has 0 fully saturated rings. The van der Waals surface area contributed by atoms with E-state index < -0.39 is 14.8 Å². The van der Waals surface area contributed by atoms with Crippen LogP contribution in [-0.4, -0.2) is 32.1 Å². The molecule has 0 aliphatic carbocycles. The third-order valence-electron chi connectivity index (χ3n) is 2.05. The Kier molecular flexibility index (Phi) is 4.30. The molecule has 0 atom stereocenters. The summed E-state index contributed by atoms with van der Waals surface area (Å²) in [5, 5.41) is 10.7. The first-order chi connectivity index (χ1) is 7.92. The molecule has 0 aromatic heterocycles. The molecule has 1 aromatic rings. The SMILES string of the molecule is COc1ccc(S(=O)(=O)CCCl)cc1[N+](=O)[O-]. The van der Waals surface area contributed by atoms with Crippen molar-refractivity contribution >= 4 is 27.1 Å². The van der Waals surface area contributed by atoms with Crippen molar-refractivity contribution in [3.8, 4) is 5.75 Å². The summed E-state index contributed by atoms with van der Waals surface area (Å²) in [6, 6.07) is 3.48. The number of nitro groups is 1. The van der Waals surface area contributed by atoms with Gasteiger partial charge in [-0.3, -0.25) is 10.1 Å². The van der Waals surface area contributed by atoms with E-state index in [0.29, 0.717) is 0 Å². The van der Waals surface area contributed by atoms with E-state index in [-0.39, 0.29) is 28.0 Å². The molecule has 0 unspecified atom stereocenters. The van der Waals surface area contributed by atoms with Crippen LogP contribution in [0.4, 0.5) is 5.69 Å². The Labute approximate surface area is 103 Å². The fourth-order valence-corrected chi connectivity index (χ4v) is 2.84. The van der Waals surface area contributed by atoms with Crippen LogP contribution in [0.25, 0.3) is 0 Å². The summed E-state index contributed by atoms with van der Waals surface area (Å²) < 4.78 is 28.1. The van der Waals surface area contributed by atoms with E-state index in [4.69, 9.17) is 16.3 Å². The number of ether oxygens (including phenoxy) is 1. The number of nitro benzene ring substituents is 1. The number of hydrogen-bond acceptors (Lipinski definition) is 5. The van der Waals surface area contributed by atoms with Crippen LogP contribution in [0.1, 0.15) is 0 Å². The van der Waals surface area contributed by atoms with Gasteiger partial charge in [-0.1, -0.05) is 0 Å². The normalized spacial score (nSPS) is 11.2. The summed E-state index contributed by atoms with van der Waals surface area (Å²) in [5.41, 5.74) is -0.386. The largest absolute Gasteiger partial charge is 0.490 e. The quantitative estimate of drug-likeness (QED) is 0.464. The number of nitrogens with zero attached hydrogens (tertiary/aromatic N) is 1. The molecule has 0 aliphatic heterocycles. The zero-order valence-corrected chi connectivity index (χ0v) is 10.5. The van der Waals surface area contributed by atoms with Gasteiger partial charge in [0.15, 0.2) is 15.6 Å². The third kappa shape index (κ3) is 3.07. The molecule has 17 heavy (non-hydrogen) atoms. The van der Waals surface area contributed by atoms with E-state index in [0.717, 1.165) is 6.07 Å². The molecule has 1 aromatic carbocycles. The fraction of sp³-hybridized carbons (Fsp3) is 0.333. The second-order valence-electron chi connectivity index (χ2n) is 3.10. The monoisotopic (exact) mass is 279 g/mol. The van der Waals surface area contributed by atoms with Gasteiger partial charge >= 0.3 is 5.69 Å². The number of hydrogen-bond donors (Lipinski definition) is 0. The summed E-state index contributed by atoms with van der Waals surface area (Å²) in [6.45, 7) is 0. The maximum atomic E-state index is 11.7. The van der Waals surface area contributed by atoms with Gasteiger partial charge in [-0.15, -0.1) is 11.6 Å². The number of alkyl halides is 1. The average Bonchev–Trinajstić information content (AvgIpc) is 2.28. The first-order valence-electron chi connectivity index (χ1n) is 4.53. The standard InChI is InChI=1S/C9H10ClNO5S/c1-16-9-3-2-7(6-8(9)11(12)13)17(14,15)5-4-10/h2-3,6H,4-5H2,1H3. The molecule has 6 nitrogen and oxygen atoms in total. The molecule has 1 rings (SSSR count). The molecule has 0 amide bonds. The molecule has 0 N–H and O–H groups in total. The van der Waals surface area contributed by atoms with Crippen LogP contribution in [0.3, 0.4) is 0 Å². The van der Waals surface area contributed by atoms with Crippen molar-refractivity contribution in [1.29, 1.82) is 0 Å². The Balaban J connectivity index is 3.31. The molecular formula is C9H10ClNO5S. The van der Waals surface area contributed by atoms with Crippen LogP contribution in [0.15, 0.2) is 23.1 Å². The van der Waals surface area contributed by atoms with E-state index in [1.54, 1.807) is 0 Å². The highest BCUT2D eigenvalue weighted by molar-refractivity contribution is 7.91. The summed E-state index contributed by atoms with van der Waals surface area (Å²) in [6.07, 6.45) is 0. The van der Waals surface area contributed by atoms with Gasteiger partial charge in [0, 0.05) is 11.9 Å². The highest BCUT2D eigenvalue weighted by atomic mass is 35.5. The third-order valence-corrected chi connectivity index (χ3v) is 4.18. The van der Waals surface area contributed by atoms with Gasteiger partial charge < -0.3 is 4.74 Å². The van der Waals surface area contributed by atoms with Crippen molar-refractivity contribution in [3.05, 3.63) is 28.3 Å². The predicted octanol–water partition coefficient (Wildman–Crippen LogP) is 1.62. The number of rotatable bonds is 5. The molecule has 0 aliphatic rings. The highest BCUT2D eigenvalue weighted by Crippen LogP contribution is 2.29. The number of benzene rings is 1. The smallest absolute Gasteiger partial charge is 0.312 e. The molecule has 0 spiro atoms. The van der Waals surface area contributed by atoms with Gasteiger partial charge in [-0.05, 0) is 12.1 Å². The minimum atomic E-state index is -3.58. The van der Waals surface area contributed by atoms with Crippen molar-refractivity contribution < 1.29 is 18.1 Å². The summed E-state index contributed by atoms with van der Waals surface area (Å²) in [5.74, 6) is -0.319. The predicted molar refractivity (Wildman–Crippen MR) is 62.4 cm³/mol. The van der Waals surface area contributed by atoms with Gasteiger partial charge in [-0.25, -0.2) is 8.42 Å². The van der Waals surface area contributed by atoms with Crippen molar-refractivity contribution in [1.82, 2.24) is 0 Å². The average molecular weight is 280 g/mol. The van der Waals surface area contributed by atoms with Crippen molar-refractivity contribution in [2.75, 3.05) is 18.7 Å². The minimum Gasteiger partial charge on any atom is -0.490 e. The second kappa shape index (κ2) is 5.33. The lowest BCUT2D eigenvalue weighted by Crippen LogP contribution is -2.08.